The molecule has 1 heterocycles. The van der Waals surface area contributed by atoms with Crippen LogP contribution in [0.25, 0.3) is 0 Å². The molecule has 1 amide bonds. The van der Waals surface area contributed by atoms with E-state index < -0.39 is 23.0 Å². The van der Waals surface area contributed by atoms with Crippen molar-refractivity contribution in [3.8, 4) is 0 Å². The zero-order valence-corrected chi connectivity index (χ0v) is 13.3. The van der Waals surface area contributed by atoms with E-state index in [9.17, 15) is 14.4 Å². The third-order valence-electron chi connectivity index (χ3n) is 4.36. The van der Waals surface area contributed by atoms with Crippen LogP contribution in [0.15, 0.2) is 34.9 Å². The lowest BCUT2D eigenvalue weighted by Crippen LogP contribution is -2.51. The van der Waals surface area contributed by atoms with Crippen molar-refractivity contribution in [3.63, 3.8) is 0 Å². The number of hydrogen-bond donors (Lipinski definition) is 2. The maximum atomic E-state index is 12.8. The van der Waals surface area contributed by atoms with Crippen molar-refractivity contribution in [1.29, 1.82) is 0 Å². The number of hydrogen-bond acceptors (Lipinski definition) is 5. The summed E-state index contributed by atoms with van der Waals surface area (Å²) < 4.78 is 0. The Morgan fingerprint density at radius 2 is 2.00 bits per heavy atom. The van der Waals surface area contributed by atoms with Gasteiger partial charge in [-0.05, 0) is 11.8 Å². The third kappa shape index (κ3) is 2.31. The van der Waals surface area contributed by atoms with Gasteiger partial charge in [-0.15, -0.1) is 11.8 Å². The number of primary amides is 1. The Kier molecular flexibility index (Phi) is 3.51. The SMILES string of the molecule is CC1(C)CC2=C(S[C@@H]3C=CC=C[C@@H]3N2)C(=O)[C@@H]1C(=O)C(N)=O. The monoisotopic (exact) mass is 318 g/mol. The fraction of sp³-hybridized carbons (Fsp3) is 0.438. The first-order valence-corrected chi connectivity index (χ1v) is 8.08. The van der Waals surface area contributed by atoms with Crippen LogP contribution in [0, 0.1) is 11.3 Å². The molecule has 1 aliphatic heterocycles. The fourth-order valence-electron chi connectivity index (χ4n) is 3.30. The molecular formula is C16H18N2O3S. The van der Waals surface area contributed by atoms with Gasteiger partial charge in [0.1, 0.15) is 0 Å². The summed E-state index contributed by atoms with van der Waals surface area (Å²) >= 11 is 1.47. The van der Waals surface area contributed by atoms with E-state index in [0.29, 0.717) is 11.3 Å². The molecule has 0 radical (unpaired) electrons. The normalized spacial score (nSPS) is 32.1. The number of amides is 1. The van der Waals surface area contributed by atoms with Gasteiger partial charge >= 0.3 is 0 Å². The van der Waals surface area contributed by atoms with Gasteiger partial charge in [0.2, 0.25) is 5.78 Å². The van der Waals surface area contributed by atoms with Crippen molar-refractivity contribution in [1.82, 2.24) is 5.32 Å². The Morgan fingerprint density at radius 1 is 1.32 bits per heavy atom. The largest absolute Gasteiger partial charge is 0.380 e. The highest BCUT2D eigenvalue weighted by atomic mass is 32.2. The molecule has 3 aliphatic rings. The molecule has 0 aromatic rings. The maximum absolute atomic E-state index is 12.8. The van der Waals surface area contributed by atoms with E-state index >= 15 is 0 Å². The summed E-state index contributed by atoms with van der Waals surface area (Å²) in [7, 11) is 0. The van der Waals surface area contributed by atoms with Gasteiger partial charge < -0.3 is 11.1 Å². The molecule has 0 fully saturated rings. The number of carbonyl (C=O) groups excluding carboxylic acids is 3. The van der Waals surface area contributed by atoms with Gasteiger partial charge in [0, 0.05) is 5.70 Å². The van der Waals surface area contributed by atoms with Gasteiger partial charge in [-0.1, -0.05) is 38.2 Å². The lowest BCUT2D eigenvalue weighted by Gasteiger charge is -2.43. The molecule has 0 aromatic carbocycles. The molecule has 0 spiro atoms. The molecule has 6 heteroatoms. The summed E-state index contributed by atoms with van der Waals surface area (Å²) in [5.74, 6) is -3.10. The molecular weight excluding hydrogens is 300 g/mol. The Bertz CT molecular complexity index is 660. The van der Waals surface area contributed by atoms with Crippen LogP contribution in [0.5, 0.6) is 0 Å². The zero-order valence-electron chi connectivity index (χ0n) is 12.5. The van der Waals surface area contributed by atoms with Crippen molar-refractivity contribution in [2.45, 2.75) is 31.6 Å². The number of Topliss-reactive ketones (excluding diaryl/α,β-unsaturated/α-hetero) is 2. The van der Waals surface area contributed by atoms with E-state index in [1.165, 1.54) is 11.8 Å². The molecule has 116 valence electrons. The summed E-state index contributed by atoms with van der Waals surface area (Å²) in [5, 5.41) is 3.53. The first kappa shape index (κ1) is 15.1. The topological polar surface area (TPSA) is 89.3 Å². The second kappa shape index (κ2) is 5.12. The molecule has 0 saturated heterocycles. The molecule has 22 heavy (non-hydrogen) atoms. The van der Waals surface area contributed by atoms with E-state index in [2.05, 4.69) is 11.4 Å². The molecule has 3 rings (SSSR count). The predicted molar refractivity (Wildman–Crippen MR) is 84.7 cm³/mol. The minimum absolute atomic E-state index is 0.123. The van der Waals surface area contributed by atoms with E-state index in [0.717, 1.165) is 5.70 Å². The summed E-state index contributed by atoms with van der Waals surface area (Å²) in [6.07, 6.45) is 8.58. The lowest BCUT2D eigenvalue weighted by atomic mass is 9.67. The molecule has 3 N–H and O–H groups in total. The lowest BCUT2D eigenvalue weighted by molar-refractivity contribution is -0.145. The summed E-state index contributed by atoms with van der Waals surface area (Å²) in [6.45, 7) is 3.66. The number of ketones is 2. The average Bonchev–Trinajstić information content (AvgIpc) is 2.44. The van der Waals surface area contributed by atoms with Crippen LogP contribution in [0.3, 0.4) is 0 Å². The Balaban J connectivity index is 1.99. The summed E-state index contributed by atoms with van der Waals surface area (Å²) in [4.78, 5) is 36.8. The van der Waals surface area contributed by atoms with E-state index in [4.69, 9.17) is 5.73 Å². The minimum atomic E-state index is -1.04. The van der Waals surface area contributed by atoms with E-state index in [1.807, 2.05) is 32.1 Å². The van der Waals surface area contributed by atoms with Crippen LogP contribution >= 0.6 is 11.8 Å². The number of thioether (sulfide) groups is 1. The quantitative estimate of drug-likeness (QED) is 0.587. The van der Waals surface area contributed by atoms with Crippen LogP contribution in [0.1, 0.15) is 20.3 Å². The van der Waals surface area contributed by atoms with E-state index in [-0.39, 0.29) is 17.1 Å². The second-order valence-electron chi connectivity index (χ2n) is 6.52. The Labute approximate surface area is 133 Å². The molecule has 0 saturated carbocycles. The van der Waals surface area contributed by atoms with Crippen LogP contribution in [0.4, 0.5) is 0 Å². The number of rotatable bonds is 2. The van der Waals surface area contributed by atoms with Crippen LogP contribution in [-0.2, 0) is 14.4 Å². The van der Waals surface area contributed by atoms with E-state index in [1.54, 1.807) is 0 Å². The summed E-state index contributed by atoms with van der Waals surface area (Å²) in [6, 6.07) is 0.153. The van der Waals surface area contributed by atoms with Crippen molar-refractivity contribution >= 4 is 29.2 Å². The van der Waals surface area contributed by atoms with Crippen LogP contribution < -0.4 is 11.1 Å². The highest BCUT2D eigenvalue weighted by Gasteiger charge is 2.50. The van der Waals surface area contributed by atoms with Gasteiger partial charge in [0.15, 0.2) is 5.78 Å². The second-order valence-corrected chi connectivity index (χ2v) is 7.71. The zero-order chi connectivity index (χ0) is 16.1. The number of fused-ring (bicyclic) bond motifs is 1. The van der Waals surface area contributed by atoms with Crippen LogP contribution in [0.2, 0.25) is 0 Å². The molecule has 0 unspecified atom stereocenters. The standard InChI is InChI=1S/C16H18N2O3S/c1-16(2)7-9-14(12(19)11(16)13(20)15(17)21)22-10-6-4-3-5-8(10)18-9/h3-6,8,10-11,18H,7H2,1-2H3,(H2,17,21)/t8-,10+,11+/m0/s1. The first-order chi connectivity index (χ1) is 10.3. The van der Waals surface area contributed by atoms with Gasteiger partial charge in [-0.2, -0.15) is 0 Å². The maximum Gasteiger partial charge on any atom is 0.285 e. The van der Waals surface area contributed by atoms with Gasteiger partial charge in [-0.25, -0.2) is 0 Å². The minimum Gasteiger partial charge on any atom is -0.380 e. The smallest absolute Gasteiger partial charge is 0.285 e. The molecule has 0 bridgehead atoms. The Hall–Kier alpha value is -1.82. The predicted octanol–water partition coefficient (Wildman–Crippen LogP) is 1.07. The molecule has 3 atom stereocenters. The van der Waals surface area contributed by atoms with Crippen molar-refractivity contribution in [3.05, 3.63) is 34.9 Å². The van der Waals surface area contributed by atoms with Crippen molar-refractivity contribution < 1.29 is 14.4 Å². The van der Waals surface area contributed by atoms with Crippen molar-refractivity contribution in [2.24, 2.45) is 17.1 Å². The van der Waals surface area contributed by atoms with Crippen LogP contribution in [-0.4, -0.2) is 28.8 Å². The molecule has 2 aliphatic carbocycles. The van der Waals surface area contributed by atoms with Gasteiger partial charge in [0.25, 0.3) is 5.91 Å². The third-order valence-corrected chi connectivity index (χ3v) is 5.76. The number of nitrogens with two attached hydrogens (primary N) is 1. The van der Waals surface area contributed by atoms with Gasteiger partial charge in [0.05, 0.1) is 22.1 Å². The highest BCUT2D eigenvalue weighted by molar-refractivity contribution is 8.04. The van der Waals surface area contributed by atoms with Gasteiger partial charge in [-0.3, -0.25) is 14.4 Å². The number of nitrogens with one attached hydrogen (secondary N) is 1. The average molecular weight is 318 g/mol. The molecule has 0 aromatic heterocycles. The highest BCUT2D eigenvalue weighted by Crippen LogP contribution is 2.47. The molecule has 5 nitrogen and oxygen atoms in total. The number of carbonyl (C=O) groups is 3. The first-order valence-electron chi connectivity index (χ1n) is 7.20. The summed E-state index contributed by atoms with van der Waals surface area (Å²) in [5.41, 5.74) is 5.37. The number of allylic oxidation sites excluding steroid dienone is 4. The van der Waals surface area contributed by atoms with Crippen molar-refractivity contribution in [2.75, 3.05) is 0 Å². The fourth-order valence-corrected chi connectivity index (χ4v) is 4.56. The Morgan fingerprint density at radius 3 is 2.68 bits per heavy atom.